The normalized spacial score (nSPS) is 16.8. The molecule has 2 aromatic carbocycles. The molecule has 0 saturated carbocycles. The number of amides is 2. The van der Waals surface area contributed by atoms with Crippen LogP contribution in [0.15, 0.2) is 42.5 Å². The van der Waals surface area contributed by atoms with Gasteiger partial charge in [0.1, 0.15) is 11.6 Å². The van der Waals surface area contributed by atoms with Gasteiger partial charge in [-0.05, 0) is 29.7 Å². The Labute approximate surface area is 132 Å². The number of anilines is 1. The summed E-state index contributed by atoms with van der Waals surface area (Å²) in [5.74, 6) is -1.35. The summed E-state index contributed by atoms with van der Waals surface area (Å²) in [6.45, 7) is 0.154. The monoisotopic (exact) mass is 318 g/mol. The Morgan fingerprint density at radius 1 is 1.26 bits per heavy atom. The van der Waals surface area contributed by atoms with Crippen LogP contribution in [0.2, 0.25) is 0 Å². The SMILES string of the molecule is O=C(Nc1cc(F)ccc1F)N1CCc2ccccc2C1CO. The molecule has 1 atom stereocenters. The van der Waals surface area contributed by atoms with Crippen molar-refractivity contribution < 1.29 is 18.7 Å². The van der Waals surface area contributed by atoms with E-state index in [0.717, 1.165) is 29.3 Å². The summed E-state index contributed by atoms with van der Waals surface area (Å²) >= 11 is 0. The lowest BCUT2D eigenvalue weighted by Gasteiger charge is -2.36. The number of hydrogen-bond acceptors (Lipinski definition) is 2. The second-order valence-corrected chi connectivity index (χ2v) is 5.39. The van der Waals surface area contributed by atoms with Crippen molar-refractivity contribution in [3.8, 4) is 0 Å². The van der Waals surface area contributed by atoms with Gasteiger partial charge in [0.15, 0.2) is 0 Å². The lowest BCUT2D eigenvalue weighted by atomic mass is 9.93. The molecule has 1 heterocycles. The molecule has 0 saturated heterocycles. The van der Waals surface area contributed by atoms with E-state index in [9.17, 15) is 18.7 Å². The molecule has 0 spiro atoms. The van der Waals surface area contributed by atoms with Crippen molar-refractivity contribution in [3.63, 3.8) is 0 Å². The van der Waals surface area contributed by atoms with Gasteiger partial charge in [-0.15, -0.1) is 0 Å². The number of carbonyl (C=O) groups excluding carboxylic acids is 1. The van der Waals surface area contributed by atoms with Crippen LogP contribution >= 0.6 is 0 Å². The lowest BCUT2D eigenvalue weighted by molar-refractivity contribution is 0.135. The number of urea groups is 1. The van der Waals surface area contributed by atoms with E-state index < -0.39 is 23.7 Å². The summed E-state index contributed by atoms with van der Waals surface area (Å²) in [6, 6.07) is 9.37. The number of halogens is 2. The first kappa shape index (κ1) is 15.4. The molecule has 0 aromatic heterocycles. The Morgan fingerprint density at radius 3 is 2.83 bits per heavy atom. The highest BCUT2D eigenvalue weighted by Gasteiger charge is 2.30. The number of benzene rings is 2. The maximum Gasteiger partial charge on any atom is 0.322 e. The van der Waals surface area contributed by atoms with Gasteiger partial charge >= 0.3 is 6.03 Å². The Morgan fingerprint density at radius 2 is 2.04 bits per heavy atom. The van der Waals surface area contributed by atoms with Gasteiger partial charge in [0.05, 0.1) is 18.3 Å². The third-order valence-electron chi connectivity index (χ3n) is 4.02. The van der Waals surface area contributed by atoms with E-state index in [-0.39, 0.29) is 12.3 Å². The van der Waals surface area contributed by atoms with Crippen molar-refractivity contribution in [1.29, 1.82) is 0 Å². The van der Waals surface area contributed by atoms with Crippen LogP contribution in [0.25, 0.3) is 0 Å². The second kappa shape index (κ2) is 6.34. The third kappa shape index (κ3) is 3.03. The molecule has 1 aliphatic heterocycles. The molecule has 4 nitrogen and oxygen atoms in total. The highest BCUT2D eigenvalue weighted by Crippen LogP contribution is 2.30. The summed E-state index contributed by atoms with van der Waals surface area (Å²) in [5, 5.41) is 12.0. The van der Waals surface area contributed by atoms with Crippen molar-refractivity contribution >= 4 is 11.7 Å². The minimum Gasteiger partial charge on any atom is -0.394 e. The van der Waals surface area contributed by atoms with Gasteiger partial charge in [0.25, 0.3) is 0 Å². The fraction of sp³-hybridized carbons (Fsp3) is 0.235. The number of aliphatic hydroxyl groups excluding tert-OH is 1. The van der Waals surface area contributed by atoms with E-state index in [0.29, 0.717) is 13.0 Å². The van der Waals surface area contributed by atoms with E-state index >= 15 is 0 Å². The molecule has 2 aromatic rings. The van der Waals surface area contributed by atoms with Gasteiger partial charge in [-0.1, -0.05) is 24.3 Å². The third-order valence-corrected chi connectivity index (χ3v) is 4.02. The molecular weight excluding hydrogens is 302 g/mol. The largest absolute Gasteiger partial charge is 0.394 e. The van der Waals surface area contributed by atoms with E-state index in [1.165, 1.54) is 4.90 Å². The van der Waals surface area contributed by atoms with E-state index in [1.807, 2.05) is 24.3 Å². The van der Waals surface area contributed by atoms with Crippen LogP contribution in [-0.4, -0.2) is 29.2 Å². The van der Waals surface area contributed by atoms with Crippen LogP contribution in [0.5, 0.6) is 0 Å². The average molecular weight is 318 g/mol. The number of hydrogen-bond donors (Lipinski definition) is 2. The summed E-state index contributed by atoms with van der Waals surface area (Å²) in [5.41, 5.74) is 1.73. The van der Waals surface area contributed by atoms with Crippen molar-refractivity contribution in [3.05, 3.63) is 65.2 Å². The molecule has 0 fully saturated rings. The zero-order valence-electron chi connectivity index (χ0n) is 12.3. The number of nitrogens with zero attached hydrogens (tertiary/aromatic N) is 1. The van der Waals surface area contributed by atoms with E-state index in [2.05, 4.69) is 5.32 Å². The van der Waals surface area contributed by atoms with Gasteiger partial charge in [0.2, 0.25) is 0 Å². The average Bonchev–Trinajstić information content (AvgIpc) is 2.57. The first-order valence-electron chi connectivity index (χ1n) is 7.31. The standard InChI is InChI=1S/C17H16F2N2O2/c18-12-5-6-14(19)15(9-12)20-17(23)21-8-7-11-3-1-2-4-13(11)16(21)10-22/h1-6,9,16,22H,7-8,10H2,(H,20,23). The van der Waals surface area contributed by atoms with Crippen molar-refractivity contribution in [1.82, 2.24) is 4.90 Å². The van der Waals surface area contributed by atoms with Crippen molar-refractivity contribution in [2.24, 2.45) is 0 Å². The van der Waals surface area contributed by atoms with E-state index in [4.69, 9.17) is 0 Å². The van der Waals surface area contributed by atoms with Crippen molar-refractivity contribution in [2.45, 2.75) is 12.5 Å². The molecule has 0 aliphatic carbocycles. The zero-order chi connectivity index (χ0) is 16.4. The highest BCUT2D eigenvalue weighted by molar-refractivity contribution is 5.90. The van der Waals surface area contributed by atoms with Crippen LogP contribution in [-0.2, 0) is 6.42 Å². The quantitative estimate of drug-likeness (QED) is 0.894. The van der Waals surface area contributed by atoms with Gasteiger partial charge in [-0.25, -0.2) is 13.6 Å². The number of fused-ring (bicyclic) bond motifs is 1. The molecule has 23 heavy (non-hydrogen) atoms. The second-order valence-electron chi connectivity index (χ2n) is 5.39. The summed E-state index contributed by atoms with van der Waals surface area (Å²) in [4.78, 5) is 13.9. The van der Waals surface area contributed by atoms with Crippen LogP contribution < -0.4 is 5.32 Å². The summed E-state index contributed by atoms with van der Waals surface area (Å²) in [6.07, 6.45) is 0.645. The van der Waals surface area contributed by atoms with Gasteiger partial charge < -0.3 is 15.3 Å². The summed E-state index contributed by atoms with van der Waals surface area (Å²) < 4.78 is 26.9. The molecular formula is C17H16F2N2O2. The maximum absolute atomic E-state index is 13.7. The molecule has 120 valence electrons. The van der Waals surface area contributed by atoms with Crippen molar-refractivity contribution in [2.75, 3.05) is 18.5 Å². The number of nitrogens with one attached hydrogen (secondary N) is 1. The molecule has 0 bridgehead atoms. The molecule has 0 radical (unpaired) electrons. The molecule has 6 heteroatoms. The fourth-order valence-electron chi connectivity index (χ4n) is 2.87. The van der Waals surface area contributed by atoms with Crippen LogP contribution in [0.4, 0.5) is 19.3 Å². The van der Waals surface area contributed by atoms with E-state index in [1.54, 1.807) is 0 Å². The molecule has 1 aliphatic rings. The predicted octanol–water partition coefficient (Wildman–Crippen LogP) is 3.09. The molecule has 3 rings (SSSR count). The summed E-state index contributed by atoms with van der Waals surface area (Å²) in [7, 11) is 0. The van der Waals surface area contributed by atoms with Gasteiger partial charge in [-0.3, -0.25) is 0 Å². The predicted molar refractivity (Wildman–Crippen MR) is 82.1 cm³/mol. The minimum atomic E-state index is -0.710. The van der Waals surface area contributed by atoms with Crippen LogP contribution in [0, 0.1) is 11.6 Å². The van der Waals surface area contributed by atoms with Crippen LogP contribution in [0.1, 0.15) is 17.2 Å². The Kier molecular flexibility index (Phi) is 4.25. The van der Waals surface area contributed by atoms with Crippen LogP contribution in [0.3, 0.4) is 0 Å². The number of carbonyl (C=O) groups is 1. The maximum atomic E-state index is 13.7. The highest BCUT2D eigenvalue weighted by atomic mass is 19.1. The minimum absolute atomic E-state index is 0.217. The molecule has 1 unspecified atom stereocenters. The van der Waals surface area contributed by atoms with Gasteiger partial charge in [0, 0.05) is 12.6 Å². The first-order chi connectivity index (χ1) is 11.1. The zero-order valence-corrected chi connectivity index (χ0v) is 12.3. The lowest BCUT2D eigenvalue weighted by Crippen LogP contribution is -2.44. The first-order valence-corrected chi connectivity index (χ1v) is 7.31. The molecule has 2 amide bonds. The number of rotatable bonds is 2. The molecule has 2 N–H and O–H groups in total. The Hall–Kier alpha value is -2.47. The smallest absolute Gasteiger partial charge is 0.322 e. The fourth-order valence-corrected chi connectivity index (χ4v) is 2.87. The Balaban J connectivity index is 1.84. The Bertz CT molecular complexity index is 736. The number of aliphatic hydroxyl groups is 1. The van der Waals surface area contributed by atoms with Gasteiger partial charge in [-0.2, -0.15) is 0 Å². The topological polar surface area (TPSA) is 52.6 Å².